The van der Waals surface area contributed by atoms with Crippen LogP contribution in [-0.4, -0.2) is 59.7 Å². The number of thioether (sulfide) groups is 2. The van der Waals surface area contributed by atoms with E-state index in [0.29, 0.717) is 10.6 Å². The Balaban J connectivity index is 1.92. The molecule has 0 spiro atoms. The molecule has 0 bridgehead atoms. The Kier molecular flexibility index (Phi) is 4.31. The number of carbonyl (C=O) groups is 3. The van der Waals surface area contributed by atoms with Gasteiger partial charge in [0.2, 0.25) is 11.8 Å². The van der Waals surface area contributed by atoms with E-state index in [1.54, 1.807) is 0 Å². The van der Waals surface area contributed by atoms with E-state index in [1.807, 2.05) is 0 Å². The minimum atomic E-state index is -1.17. The summed E-state index contributed by atoms with van der Waals surface area (Å²) in [4.78, 5) is 36.2. The van der Waals surface area contributed by atoms with E-state index < -0.39 is 11.3 Å². The minimum Gasteiger partial charge on any atom is -0.477 e. The third kappa shape index (κ3) is 3.06. The molecule has 2 aliphatic rings. The van der Waals surface area contributed by atoms with E-state index in [-0.39, 0.29) is 35.1 Å². The number of aromatic amines is 1. The predicted octanol–water partition coefficient (Wildman–Crippen LogP) is 0.00290. The summed E-state index contributed by atoms with van der Waals surface area (Å²) in [7, 11) is 0. The number of nitrogens with zero attached hydrogens (tertiary/aromatic N) is 3. The van der Waals surface area contributed by atoms with Crippen molar-refractivity contribution in [3.8, 4) is 0 Å². The second kappa shape index (κ2) is 6.24. The van der Waals surface area contributed by atoms with Crippen LogP contribution in [0.4, 0.5) is 0 Å². The first-order chi connectivity index (χ1) is 11.0. The fraction of sp³-hybridized carbons (Fsp3) is 0.417. The van der Waals surface area contributed by atoms with Crippen LogP contribution >= 0.6 is 23.5 Å². The van der Waals surface area contributed by atoms with E-state index in [2.05, 4.69) is 20.7 Å². The Hall–Kier alpha value is -2.01. The zero-order chi connectivity index (χ0) is 16.6. The topological polar surface area (TPSA) is 128 Å². The van der Waals surface area contributed by atoms with Gasteiger partial charge < -0.3 is 10.4 Å². The summed E-state index contributed by atoms with van der Waals surface area (Å²) in [6.07, 6.45) is 1.80. The van der Waals surface area contributed by atoms with Crippen LogP contribution in [0.5, 0.6) is 0 Å². The van der Waals surface area contributed by atoms with Crippen LogP contribution in [0.25, 0.3) is 0 Å². The number of carbonyl (C=O) groups excluding carboxylic acids is 2. The van der Waals surface area contributed by atoms with Gasteiger partial charge in [0.15, 0.2) is 0 Å². The molecular weight excluding hydrogens is 342 g/mol. The standard InChI is InChI=1S/C12H13N5O4S2/c1-5(18)14-11-6(4-22-7-3-13-16-15-7)10(12(20)21)17-8(19)2-9(17)23-11/h3,9,11H,2,4H2,1H3,(H,14,18)(H,20,21)(H,13,15,16)/t9-,11?/m1/s1. The Morgan fingerprint density at radius 3 is 2.96 bits per heavy atom. The molecule has 1 aromatic heterocycles. The van der Waals surface area contributed by atoms with Crippen molar-refractivity contribution in [1.29, 1.82) is 0 Å². The Labute approximate surface area is 139 Å². The maximum absolute atomic E-state index is 11.8. The number of amides is 2. The lowest BCUT2D eigenvalue weighted by Crippen LogP contribution is -2.57. The fourth-order valence-corrected chi connectivity index (χ4v) is 4.82. The fourth-order valence-electron chi connectivity index (χ4n) is 2.39. The van der Waals surface area contributed by atoms with Crippen LogP contribution in [0.2, 0.25) is 0 Å². The maximum atomic E-state index is 11.8. The highest BCUT2D eigenvalue weighted by atomic mass is 32.2. The first kappa shape index (κ1) is 15.9. The summed E-state index contributed by atoms with van der Waals surface area (Å²) < 4.78 is 0. The third-order valence-corrected chi connectivity index (χ3v) is 5.68. The SMILES string of the molecule is CC(=O)NC1S[C@@H]2CC(=O)N2C(C(=O)O)=C1CSc1cn[nH]n1. The monoisotopic (exact) mass is 355 g/mol. The van der Waals surface area contributed by atoms with Crippen LogP contribution in [0.1, 0.15) is 13.3 Å². The number of hydrogen-bond acceptors (Lipinski definition) is 7. The third-order valence-electron chi connectivity index (χ3n) is 3.37. The number of rotatable bonds is 5. The van der Waals surface area contributed by atoms with Crippen molar-refractivity contribution in [3.63, 3.8) is 0 Å². The lowest BCUT2D eigenvalue weighted by molar-refractivity contribution is -0.146. The van der Waals surface area contributed by atoms with E-state index in [1.165, 1.54) is 41.5 Å². The van der Waals surface area contributed by atoms with Gasteiger partial charge in [0.25, 0.3) is 0 Å². The van der Waals surface area contributed by atoms with Gasteiger partial charge in [-0.3, -0.25) is 14.5 Å². The number of H-pyrrole nitrogens is 1. The molecular formula is C12H13N5O4S2. The Bertz CT molecular complexity index is 690. The van der Waals surface area contributed by atoms with Crippen LogP contribution < -0.4 is 5.32 Å². The van der Waals surface area contributed by atoms with Crippen molar-refractivity contribution >= 4 is 41.3 Å². The molecule has 9 nitrogen and oxygen atoms in total. The first-order valence-electron chi connectivity index (χ1n) is 6.67. The molecule has 3 N–H and O–H groups in total. The largest absolute Gasteiger partial charge is 0.477 e. The second-order valence-corrected chi connectivity index (χ2v) is 7.20. The molecule has 0 saturated carbocycles. The molecule has 11 heteroatoms. The number of hydrogen-bond donors (Lipinski definition) is 3. The normalized spacial score (nSPS) is 23.3. The minimum absolute atomic E-state index is 0.0419. The molecule has 0 radical (unpaired) electrons. The van der Waals surface area contributed by atoms with E-state index >= 15 is 0 Å². The molecule has 1 unspecified atom stereocenters. The highest BCUT2D eigenvalue weighted by Gasteiger charge is 2.48. The Morgan fingerprint density at radius 2 is 2.39 bits per heavy atom. The summed E-state index contributed by atoms with van der Waals surface area (Å²) in [6.45, 7) is 1.38. The highest BCUT2D eigenvalue weighted by Crippen LogP contribution is 2.44. The van der Waals surface area contributed by atoms with Crippen molar-refractivity contribution in [2.24, 2.45) is 0 Å². The quantitative estimate of drug-likeness (QED) is 0.497. The smallest absolute Gasteiger partial charge is 0.352 e. The van der Waals surface area contributed by atoms with Gasteiger partial charge >= 0.3 is 5.97 Å². The summed E-state index contributed by atoms with van der Waals surface area (Å²) in [5.41, 5.74) is 0.440. The van der Waals surface area contributed by atoms with Gasteiger partial charge in [0, 0.05) is 18.2 Å². The summed E-state index contributed by atoms with van der Waals surface area (Å²) in [6, 6.07) is 0. The molecule has 0 aromatic carbocycles. The summed E-state index contributed by atoms with van der Waals surface area (Å²) in [5.74, 6) is -1.36. The van der Waals surface area contributed by atoms with Crippen LogP contribution in [0, 0.1) is 0 Å². The molecule has 122 valence electrons. The van der Waals surface area contributed by atoms with Crippen molar-refractivity contribution < 1.29 is 19.5 Å². The van der Waals surface area contributed by atoms with Gasteiger partial charge in [0.05, 0.1) is 18.0 Å². The van der Waals surface area contributed by atoms with Gasteiger partial charge in [-0.25, -0.2) is 4.79 Å². The van der Waals surface area contributed by atoms with E-state index in [4.69, 9.17) is 0 Å². The van der Waals surface area contributed by atoms with Gasteiger partial charge in [-0.05, 0) is 0 Å². The average Bonchev–Trinajstić information content (AvgIpc) is 2.97. The zero-order valence-electron chi connectivity index (χ0n) is 12.0. The summed E-state index contributed by atoms with van der Waals surface area (Å²) >= 11 is 2.66. The molecule has 1 saturated heterocycles. The lowest BCUT2D eigenvalue weighted by Gasteiger charge is -2.46. The zero-order valence-corrected chi connectivity index (χ0v) is 13.6. The van der Waals surface area contributed by atoms with Gasteiger partial charge in [-0.2, -0.15) is 10.3 Å². The van der Waals surface area contributed by atoms with Crippen molar-refractivity contribution in [2.75, 3.05) is 5.75 Å². The molecule has 1 fully saturated rings. The summed E-state index contributed by atoms with van der Waals surface area (Å²) in [5, 5.41) is 22.2. The number of β-lactam (4-membered cyclic amide) rings is 1. The van der Waals surface area contributed by atoms with Crippen LogP contribution in [0.3, 0.4) is 0 Å². The molecule has 0 aliphatic carbocycles. The molecule has 1 aromatic rings. The highest BCUT2D eigenvalue weighted by molar-refractivity contribution is 8.01. The maximum Gasteiger partial charge on any atom is 0.352 e. The second-order valence-electron chi connectivity index (χ2n) is 4.92. The number of carboxylic acid groups (broad SMARTS) is 1. The van der Waals surface area contributed by atoms with E-state index in [9.17, 15) is 19.5 Å². The van der Waals surface area contributed by atoms with Gasteiger partial charge in [0.1, 0.15) is 16.1 Å². The van der Waals surface area contributed by atoms with E-state index in [0.717, 1.165) is 0 Å². The molecule has 2 atom stereocenters. The van der Waals surface area contributed by atoms with Crippen molar-refractivity contribution in [2.45, 2.75) is 29.1 Å². The van der Waals surface area contributed by atoms with Crippen molar-refractivity contribution in [3.05, 3.63) is 17.5 Å². The predicted molar refractivity (Wildman–Crippen MR) is 82.2 cm³/mol. The first-order valence-corrected chi connectivity index (χ1v) is 8.59. The van der Waals surface area contributed by atoms with Crippen LogP contribution in [-0.2, 0) is 14.4 Å². The molecule has 3 heterocycles. The number of carboxylic acids is 1. The average molecular weight is 355 g/mol. The van der Waals surface area contributed by atoms with Crippen LogP contribution in [0.15, 0.2) is 22.5 Å². The molecule has 3 rings (SSSR count). The van der Waals surface area contributed by atoms with Gasteiger partial charge in [-0.15, -0.1) is 16.9 Å². The van der Waals surface area contributed by atoms with Gasteiger partial charge in [-0.1, -0.05) is 11.8 Å². The molecule has 2 aliphatic heterocycles. The molecule has 23 heavy (non-hydrogen) atoms. The molecule has 2 amide bonds. The van der Waals surface area contributed by atoms with Crippen molar-refractivity contribution in [1.82, 2.24) is 25.6 Å². The number of fused-ring (bicyclic) bond motifs is 1. The number of aromatic nitrogens is 3. The lowest BCUT2D eigenvalue weighted by atomic mass is 10.1. The number of aliphatic carboxylic acids is 1. The Morgan fingerprint density at radius 1 is 1.61 bits per heavy atom. The number of nitrogens with one attached hydrogen (secondary N) is 2.